The number of hydrogen-bond donors (Lipinski definition) is 0. The van der Waals surface area contributed by atoms with Gasteiger partial charge in [-0.3, -0.25) is 4.79 Å². The predicted molar refractivity (Wildman–Crippen MR) is 129 cm³/mol. The molecule has 7 heteroatoms. The number of anilines is 1. The van der Waals surface area contributed by atoms with Crippen molar-refractivity contribution < 1.29 is 18.7 Å². The summed E-state index contributed by atoms with van der Waals surface area (Å²) in [4.78, 5) is 25.3. The molecular weight excluding hydrogens is 440 g/mol. The molecule has 0 atom stereocenters. The van der Waals surface area contributed by atoms with Gasteiger partial charge in [-0.1, -0.05) is 29.3 Å². The Bertz CT molecular complexity index is 1290. The van der Waals surface area contributed by atoms with Crippen LogP contribution < -0.4 is 5.01 Å². The average Bonchev–Trinajstić information content (AvgIpc) is 3.34. The van der Waals surface area contributed by atoms with Crippen LogP contribution in [0.1, 0.15) is 42.5 Å². The summed E-state index contributed by atoms with van der Waals surface area (Å²) < 4.78 is 11.2. The van der Waals surface area contributed by atoms with Crippen molar-refractivity contribution in [3.63, 3.8) is 0 Å². The average molecular weight is 463 g/mol. The number of carbonyl (C=O) groups is 2. The van der Waals surface area contributed by atoms with Crippen LogP contribution >= 0.6 is 11.6 Å². The fourth-order valence-corrected chi connectivity index (χ4v) is 3.58. The molecular formula is C26H23ClN2O4. The van der Waals surface area contributed by atoms with Gasteiger partial charge in [-0.05, 0) is 76.2 Å². The van der Waals surface area contributed by atoms with Crippen molar-refractivity contribution in [1.82, 2.24) is 0 Å². The van der Waals surface area contributed by atoms with E-state index >= 15 is 0 Å². The van der Waals surface area contributed by atoms with E-state index in [-0.39, 0.29) is 17.6 Å². The fraction of sp³-hybridized carbons (Fsp3) is 0.192. The smallest absolute Gasteiger partial charge is 0.339 e. The maximum atomic E-state index is 13.0. The van der Waals surface area contributed by atoms with E-state index in [1.54, 1.807) is 57.2 Å². The third-order valence-electron chi connectivity index (χ3n) is 5.07. The molecule has 2 heterocycles. The Hall–Kier alpha value is -3.64. The molecule has 1 aliphatic rings. The molecule has 3 aromatic rings. The van der Waals surface area contributed by atoms with Crippen LogP contribution in [0.15, 0.2) is 69.7 Å². The summed E-state index contributed by atoms with van der Waals surface area (Å²) in [6.07, 6.45) is 1.41. The summed E-state index contributed by atoms with van der Waals surface area (Å²) in [7, 11) is 0. The molecule has 0 N–H and O–H groups in total. The van der Waals surface area contributed by atoms with Gasteiger partial charge in [-0.2, -0.15) is 10.1 Å². The Kier molecular flexibility index (Phi) is 6.20. The highest BCUT2D eigenvalue weighted by molar-refractivity contribution is 6.33. The number of rotatable bonds is 5. The first-order chi connectivity index (χ1) is 15.7. The van der Waals surface area contributed by atoms with Gasteiger partial charge < -0.3 is 9.15 Å². The van der Waals surface area contributed by atoms with Crippen LogP contribution in [0.25, 0.3) is 17.4 Å². The molecule has 1 aliphatic heterocycles. The highest BCUT2D eigenvalue weighted by Crippen LogP contribution is 2.30. The minimum atomic E-state index is -0.495. The zero-order chi connectivity index (χ0) is 23.7. The molecule has 0 unspecified atom stereocenters. The molecule has 1 aromatic heterocycles. The number of hydrazone groups is 1. The number of carbonyl (C=O) groups excluding carboxylic acids is 2. The Morgan fingerprint density at radius 2 is 1.82 bits per heavy atom. The molecule has 0 spiro atoms. The van der Waals surface area contributed by atoms with Crippen molar-refractivity contribution >= 4 is 41.0 Å². The zero-order valence-electron chi connectivity index (χ0n) is 18.8. The van der Waals surface area contributed by atoms with Gasteiger partial charge in [0.1, 0.15) is 11.5 Å². The van der Waals surface area contributed by atoms with Gasteiger partial charge in [0.2, 0.25) is 0 Å². The van der Waals surface area contributed by atoms with Gasteiger partial charge in [0.05, 0.1) is 33.7 Å². The van der Waals surface area contributed by atoms with E-state index in [0.29, 0.717) is 39.1 Å². The second-order valence-corrected chi connectivity index (χ2v) is 8.45. The van der Waals surface area contributed by atoms with Crippen molar-refractivity contribution in [3.05, 3.63) is 82.1 Å². The maximum absolute atomic E-state index is 13.0. The minimum Gasteiger partial charge on any atom is -0.459 e. The summed E-state index contributed by atoms with van der Waals surface area (Å²) in [6.45, 7) is 7.32. The monoisotopic (exact) mass is 462 g/mol. The first-order valence-corrected chi connectivity index (χ1v) is 10.9. The number of benzene rings is 2. The Morgan fingerprint density at radius 1 is 1.09 bits per heavy atom. The van der Waals surface area contributed by atoms with Gasteiger partial charge in [0.25, 0.3) is 5.91 Å². The van der Waals surface area contributed by atoms with Crippen LogP contribution in [0.2, 0.25) is 5.02 Å². The summed E-state index contributed by atoms with van der Waals surface area (Å²) >= 11 is 6.19. The van der Waals surface area contributed by atoms with Crippen molar-refractivity contribution in [3.8, 4) is 11.3 Å². The van der Waals surface area contributed by atoms with Gasteiger partial charge >= 0.3 is 5.97 Å². The van der Waals surface area contributed by atoms with Crippen molar-refractivity contribution in [1.29, 1.82) is 0 Å². The molecule has 0 fully saturated rings. The molecule has 0 bridgehead atoms. The fourth-order valence-electron chi connectivity index (χ4n) is 3.39. The molecule has 1 amide bonds. The van der Waals surface area contributed by atoms with Crippen LogP contribution in [0.5, 0.6) is 0 Å². The highest BCUT2D eigenvalue weighted by Gasteiger charge is 2.29. The second-order valence-electron chi connectivity index (χ2n) is 8.05. The number of furan rings is 1. The predicted octanol–water partition coefficient (Wildman–Crippen LogP) is 6.28. The van der Waals surface area contributed by atoms with E-state index in [4.69, 9.17) is 20.8 Å². The lowest BCUT2D eigenvalue weighted by atomic mass is 10.1. The number of esters is 1. The molecule has 4 rings (SSSR count). The molecule has 0 saturated heterocycles. The van der Waals surface area contributed by atoms with Crippen LogP contribution in [-0.4, -0.2) is 23.7 Å². The number of amides is 1. The van der Waals surface area contributed by atoms with Crippen LogP contribution in [0.4, 0.5) is 5.69 Å². The second kappa shape index (κ2) is 9.08. The summed E-state index contributed by atoms with van der Waals surface area (Å²) in [5.74, 6) is 0.312. The lowest BCUT2D eigenvalue weighted by molar-refractivity contribution is -0.114. The molecule has 0 saturated carbocycles. The van der Waals surface area contributed by atoms with Gasteiger partial charge in [-0.15, -0.1) is 0 Å². The van der Waals surface area contributed by atoms with Gasteiger partial charge in [-0.25, -0.2) is 4.79 Å². The van der Waals surface area contributed by atoms with Crippen LogP contribution in [0.3, 0.4) is 0 Å². The standard InChI is InChI=1S/C26H23ClN2O4/c1-15(2)32-26(31)22-13-18(7-11-23(22)27)24-12-10-20(33-24)14-21-17(4)28-29(25(21)30)19-8-5-16(3)6-9-19/h5-15H,1-4H3/b21-14+. The van der Waals surface area contributed by atoms with E-state index in [1.165, 1.54) is 5.01 Å². The number of hydrogen-bond acceptors (Lipinski definition) is 5. The van der Waals surface area contributed by atoms with Crippen molar-refractivity contribution in [2.24, 2.45) is 5.10 Å². The molecule has 168 valence electrons. The van der Waals surface area contributed by atoms with E-state index in [1.807, 2.05) is 31.2 Å². The molecule has 0 aliphatic carbocycles. The summed E-state index contributed by atoms with van der Waals surface area (Å²) in [5.41, 5.74) is 3.80. The van der Waals surface area contributed by atoms with Gasteiger partial charge in [0.15, 0.2) is 0 Å². The first kappa shape index (κ1) is 22.6. The lowest BCUT2D eigenvalue weighted by Crippen LogP contribution is -2.21. The Labute approximate surface area is 197 Å². The number of ether oxygens (including phenoxy) is 1. The largest absolute Gasteiger partial charge is 0.459 e. The number of aryl methyl sites for hydroxylation is 1. The molecule has 2 aromatic carbocycles. The molecule has 33 heavy (non-hydrogen) atoms. The Balaban J connectivity index is 1.59. The SMILES string of the molecule is CC1=NN(c2ccc(C)cc2)C(=O)/C1=C/c1ccc(-c2ccc(Cl)c(C(=O)OC(C)C)c2)o1. The van der Waals surface area contributed by atoms with Gasteiger partial charge in [0, 0.05) is 5.56 Å². The number of nitrogens with zero attached hydrogens (tertiary/aromatic N) is 2. The van der Waals surface area contributed by atoms with E-state index in [9.17, 15) is 9.59 Å². The summed E-state index contributed by atoms with van der Waals surface area (Å²) in [5, 5.41) is 6.09. The third kappa shape index (κ3) is 4.76. The number of halogens is 1. The lowest BCUT2D eigenvalue weighted by Gasteiger charge is -2.11. The van der Waals surface area contributed by atoms with E-state index in [0.717, 1.165) is 5.56 Å². The molecule has 6 nitrogen and oxygen atoms in total. The quantitative estimate of drug-likeness (QED) is 0.330. The van der Waals surface area contributed by atoms with Crippen molar-refractivity contribution in [2.75, 3.05) is 5.01 Å². The van der Waals surface area contributed by atoms with Crippen LogP contribution in [-0.2, 0) is 9.53 Å². The van der Waals surface area contributed by atoms with Crippen molar-refractivity contribution in [2.45, 2.75) is 33.8 Å². The topological polar surface area (TPSA) is 72.1 Å². The summed E-state index contributed by atoms with van der Waals surface area (Å²) in [6, 6.07) is 16.2. The Morgan fingerprint density at radius 3 is 2.52 bits per heavy atom. The van der Waals surface area contributed by atoms with Crippen LogP contribution in [0, 0.1) is 6.92 Å². The van der Waals surface area contributed by atoms with E-state index in [2.05, 4.69) is 5.10 Å². The minimum absolute atomic E-state index is 0.223. The normalized spacial score (nSPS) is 14.8. The zero-order valence-corrected chi connectivity index (χ0v) is 19.5. The molecule has 0 radical (unpaired) electrons. The third-order valence-corrected chi connectivity index (χ3v) is 5.40. The highest BCUT2D eigenvalue weighted by atomic mass is 35.5. The van der Waals surface area contributed by atoms with E-state index < -0.39 is 5.97 Å². The first-order valence-electron chi connectivity index (χ1n) is 10.5. The maximum Gasteiger partial charge on any atom is 0.339 e.